The van der Waals surface area contributed by atoms with Crippen LogP contribution in [0.5, 0.6) is 0 Å². The van der Waals surface area contributed by atoms with Gasteiger partial charge in [-0.2, -0.15) is 0 Å². The van der Waals surface area contributed by atoms with Crippen LogP contribution in [-0.4, -0.2) is 39.0 Å². The zero-order chi connectivity index (χ0) is 19.3. The lowest BCUT2D eigenvalue weighted by Crippen LogP contribution is -2.29. The number of aromatic nitrogens is 4. The SMILES string of the molecule is CC(NC(=O)c1cn(C2CCNCC2)nn1)c1ccc(-c2cccnc2)cc1. The number of carbonyl (C=O) groups excluding carboxylic acids is 1. The Labute approximate surface area is 164 Å². The molecular weight excluding hydrogens is 352 g/mol. The summed E-state index contributed by atoms with van der Waals surface area (Å²) in [4.78, 5) is 16.7. The number of rotatable bonds is 5. The summed E-state index contributed by atoms with van der Waals surface area (Å²) in [7, 11) is 0. The van der Waals surface area contributed by atoms with E-state index in [1.165, 1.54) is 0 Å². The lowest BCUT2D eigenvalue weighted by molar-refractivity contribution is 0.0934. The molecule has 0 saturated carbocycles. The van der Waals surface area contributed by atoms with Gasteiger partial charge in [-0.05, 0) is 55.6 Å². The van der Waals surface area contributed by atoms with Crippen molar-refractivity contribution in [1.82, 2.24) is 30.6 Å². The summed E-state index contributed by atoms with van der Waals surface area (Å²) in [6.07, 6.45) is 7.36. The Morgan fingerprint density at radius 3 is 2.68 bits per heavy atom. The lowest BCUT2D eigenvalue weighted by Gasteiger charge is -2.22. The molecule has 3 aromatic rings. The van der Waals surface area contributed by atoms with Gasteiger partial charge in [-0.3, -0.25) is 9.78 Å². The molecule has 144 valence electrons. The predicted octanol–water partition coefficient (Wildman–Crippen LogP) is 2.76. The average molecular weight is 376 g/mol. The molecule has 28 heavy (non-hydrogen) atoms. The molecule has 4 rings (SSSR count). The van der Waals surface area contributed by atoms with Crippen LogP contribution in [0.2, 0.25) is 0 Å². The Kier molecular flexibility index (Phi) is 5.43. The molecule has 0 aliphatic carbocycles. The smallest absolute Gasteiger partial charge is 0.273 e. The summed E-state index contributed by atoms with van der Waals surface area (Å²) in [5.74, 6) is -0.205. The van der Waals surface area contributed by atoms with E-state index in [1.807, 2.05) is 54.2 Å². The molecule has 0 spiro atoms. The van der Waals surface area contributed by atoms with Crippen LogP contribution in [0, 0.1) is 0 Å². The highest BCUT2D eigenvalue weighted by molar-refractivity contribution is 5.92. The Morgan fingerprint density at radius 1 is 1.18 bits per heavy atom. The second-order valence-corrected chi connectivity index (χ2v) is 7.12. The highest BCUT2D eigenvalue weighted by atomic mass is 16.2. The van der Waals surface area contributed by atoms with E-state index in [0.29, 0.717) is 11.7 Å². The summed E-state index contributed by atoms with van der Waals surface area (Å²) in [6.45, 7) is 3.91. The fourth-order valence-corrected chi connectivity index (χ4v) is 3.48. The number of carbonyl (C=O) groups is 1. The molecule has 0 radical (unpaired) electrons. The van der Waals surface area contributed by atoms with Crippen LogP contribution in [0.1, 0.15) is 47.9 Å². The zero-order valence-electron chi connectivity index (χ0n) is 15.9. The van der Waals surface area contributed by atoms with E-state index in [4.69, 9.17) is 0 Å². The monoisotopic (exact) mass is 376 g/mol. The second-order valence-electron chi connectivity index (χ2n) is 7.12. The summed E-state index contributed by atoms with van der Waals surface area (Å²) in [5, 5.41) is 14.6. The van der Waals surface area contributed by atoms with Crippen LogP contribution < -0.4 is 10.6 Å². The third-order valence-corrected chi connectivity index (χ3v) is 5.18. The van der Waals surface area contributed by atoms with Crippen LogP contribution >= 0.6 is 0 Å². The normalized spacial score (nSPS) is 15.9. The van der Waals surface area contributed by atoms with Crippen molar-refractivity contribution in [2.75, 3.05) is 13.1 Å². The molecule has 2 aromatic heterocycles. The van der Waals surface area contributed by atoms with Gasteiger partial charge in [0.25, 0.3) is 5.91 Å². The molecule has 1 aliphatic rings. The van der Waals surface area contributed by atoms with E-state index >= 15 is 0 Å². The van der Waals surface area contributed by atoms with E-state index < -0.39 is 0 Å². The molecule has 1 amide bonds. The number of benzene rings is 1. The minimum atomic E-state index is -0.205. The van der Waals surface area contributed by atoms with Crippen LogP contribution in [0.25, 0.3) is 11.1 Å². The molecule has 7 nitrogen and oxygen atoms in total. The zero-order valence-corrected chi connectivity index (χ0v) is 15.9. The van der Waals surface area contributed by atoms with Gasteiger partial charge in [0.05, 0.1) is 18.3 Å². The highest BCUT2D eigenvalue weighted by Crippen LogP contribution is 2.21. The fourth-order valence-electron chi connectivity index (χ4n) is 3.48. The van der Waals surface area contributed by atoms with E-state index in [1.54, 1.807) is 12.4 Å². The maximum absolute atomic E-state index is 12.6. The number of hydrogen-bond donors (Lipinski definition) is 2. The average Bonchev–Trinajstić information content (AvgIpc) is 3.26. The standard InChI is InChI=1S/C21H24N6O/c1-15(16-4-6-17(7-5-16)18-3-2-10-23-13-18)24-21(28)20-14-27(26-25-20)19-8-11-22-12-9-19/h2-7,10,13-15,19,22H,8-9,11-12H2,1H3,(H,24,28). The minimum absolute atomic E-state index is 0.125. The van der Waals surface area contributed by atoms with Crippen LogP contribution in [0.3, 0.4) is 0 Å². The minimum Gasteiger partial charge on any atom is -0.344 e. The van der Waals surface area contributed by atoms with Crippen molar-refractivity contribution in [3.8, 4) is 11.1 Å². The quantitative estimate of drug-likeness (QED) is 0.715. The van der Waals surface area contributed by atoms with Gasteiger partial charge in [0, 0.05) is 12.4 Å². The molecular formula is C21H24N6O. The van der Waals surface area contributed by atoms with Crippen LogP contribution in [0.4, 0.5) is 0 Å². The van der Waals surface area contributed by atoms with Crippen LogP contribution in [0.15, 0.2) is 55.0 Å². The molecule has 1 saturated heterocycles. The van der Waals surface area contributed by atoms with E-state index in [0.717, 1.165) is 42.6 Å². The van der Waals surface area contributed by atoms with Gasteiger partial charge in [-0.15, -0.1) is 5.10 Å². The van der Waals surface area contributed by atoms with Crippen molar-refractivity contribution in [2.24, 2.45) is 0 Å². The molecule has 3 heterocycles. The maximum atomic E-state index is 12.6. The second kappa shape index (κ2) is 8.31. The van der Waals surface area contributed by atoms with Crippen molar-refractivity contribution in [3.63, 3.8) is 0 Å². The Bertz CT molecular complexity index is 916. The predicted molar refractivity (Wildman–Crippen MR) is 107 cm³/mol. The molecule has 0 bridgehead atoms. The van der Waals surface area contributed by atoms with Crippen LogP contribution in [-0.2, 0) is 0 Å². The molecule has 1 atom stereocenters. The number of piperidine rings is 1. The van der Waals surface area contributed by atoms with Crippen molar-refractivity contribution in [1.29, 1.82) is 0 Å². The van der Waals surface area contributed by atoms with Gasteiger partial charge in [0.1, 0.15) is 0 Å². The Balaban J connectivity index is 1.40. The largest absolute Gasteiger partial charge is 0.344 e. The van der Waals surface area contributed by atoms with Gasteiger partial charge < -0.3 is 10.6 Å². The number of hydrogen-bond acceptors (Lipinski definition) is 5. The van der Waals surface area contributed by atoms with E-state index in [2.05, 4.69) is 25.9 Å². The summed E-state index contributed by atoms with van der Waals surface area (Å²) in [5.41, 5.74) is 3.56. The van der Waals surface area contributed by atoms with Gasteiger partial charge in [0.15, 0.2) is 5.69 Å². The first-order valence-electron chi connectivity index (χ1n) is 9.64. The molecule has 7 heteroatoms. The maximum Gasteiger partial charge on any atom is 0.273 e. The number of nitrogens with one attached hydrogen (secondary N) is 2. The van der Waals surface area contributed by atoms with Crippen molar-refractivity contribution < 1.29 is 4.79 Å². The van der Waals surface area contributed by atoms with Gasteiger partial charge in [0.2, 0.25) is 0 Å². The molecule has 1 unspecified atom stereocenters. The third kappa shape index (κ3) is 4.09. The summed E-state index contributed by atoms with van der Waals surface area (Å²) >= 11 is 0. The number of pyridine rings is 1. The Hall–Kier alpha value is -3.06. The fraction of sp³-hybridized carbons (Fsp3) is 0.333. The number of nitrogens with zero attached hydrogens (tertiary/aromatic N) is 4. The Morgan fingerprint density at radius 2 is 1.96 bits per heavy atom. The molecule has 1 fully saturated rings. The molecule has 1 aromatic carbocycles. The lowest BCUT2D eigenvalue weighted by atomic mass is 10.0. The highest BCUT2D eigenvalue weighted by Gasteiger charge is 2.20. The van der Waals surface area contributed by atoms with Crippen molar-refractivity contribution in [3.05, 3.63) is 66.2 Å². The first-order valence-corrected chi connectivity index (χ1v) is 9.64. The summed E-state index contributed by atoms with van der Waals surface area (Å²) < 4.78 is 1.82. The topological polar surface area (TPSA) is 84.7 Å². The third-order valence-electron chi connectivity index (χ3n) is 5.18. The van der Waals surface area contributed by atoms with Gasteiger partial charge >= 0.3 is 0 Å². The first-order chi connectivity index (χ1) is 13.7. The first kappa shape index (κ1) is 18.3. The van der Waals surface area contributed by atoms with Gasteiger partial charge in [-0.25, -0.2) is 4.68 Å². The molecule has 2 N–H and O–H groups in total. The number of amides is 1. The van der Waals surface area contributed by atoms with E-state index in [-0.39, 0.29) is 11.9 Å². The molecule has 1 aliphatic heterocycles. The van der Waals surface area contributed by atoms with Gasteiger partial charge in [-0.1, -0.05) is 35.5 Å². The van der Waals surface area contributed by atoms with Crippen molar-refractivity contribution in [2.45, 2.75) is 31.8 Å². The summed E-state index contributed by atoms with van der Waals surface area (Å²) in [6, 6.07) is 12.3. The van der Waals surface area contributed by atoms with Crippen molar-refractivity contribution >= 4 is 5.91 Å². The van der Waals surface area contributed by atoms with E-state index in [9.17, 15) is 4.79 Å².